The zero-order valence-electron chi connectivity index (χ0n) is 11.7. The minimum Gasteiger partial charge on any atom is -0.379 e. The molecule has 0 aliphatic heterocycles. The maximum Gasteiger partial charge on any atom is 0.296 e. The van der Waals surface area contributed by atoms with Crippen LogP contribution >= 0.6 is 22.9 Å². The van der Waals surface area contributed by atoms with Crippen LogP contribution in [0.25, 0.3) is 0 Å². The number of anilines is 1. The Kier molecular flexibility index (Phi) is 4.40. The van der Waals surface area contributed by atoms with Crippen LogP contribution in [0, 0.1) is 0 Å². The van der Waals surface area contributed by atoms with E-state index in [1.165, 1.54) is 11.3 Å². The van der Waals surface area contributed by atoms with Gasteiger partial charge in [0.25, 0.3) is 10.1 Å². The molecule has 1 aliphatic carbocycles. The smallest absolute Gasteiger partial charge is 0.296 e. The van der Waals surface area contributed by atoms with Crippen molar-refractivity contribution in [3.8, 4) is 0 Å². The number of rotatable bonds is 4. The van der Waals surface area contributed by atoms with E-state index >= 15 is 0 Å². The van der Waals surface area contributed by atoms with Crippen molar-refractivity contribution in [1.82, 2.24) is 4.98 Å². The number of aryl methyl sites for hydroxylation is 2. The molecule has 1 aliphatic rings. The highest BCUT2D eigenvalue weighted by atomic mass is 35.5. The first-order valence-corrected chi connectivity index (χ1v) is 9.54. The average Bonchev–Trinajstić information content (AvgIpc) is 2.89. The van der Waals surface area contributed by atoms with E-state index in [0.29, 0.717) is 16.7 Å². The molecule has 0 atom stereocenters. The number of hydrogen-bond acceptors (Lipinski definition) is 5. The molecule has 2 aromatic rings. The van der Waals surface area contributed by atoms with Crippen molar-refractivity contribution < 1.29 is 13.0 Å². The molecule has 0 spiro atoms. The molecule has 2 N–H and O–H groups in total. The highest BCUT2D eigenvalue weighted by Crippen LogP contribution is 2.31. The second kappa shape index (κ2) is 6.16. The fourth-order valence-electron chi connectivity index (χ4n) is 2.66. The number of aromatic nitrogens is 1. The van der Waals surface area contributed by atoms with E-state index in [0.717, 1.165) is 41.7 Å². The maximum absolute atomic E-state index is 11.6. The summed E-state index contributed by atoms with van der Waals surface area (Å²) in [5.74, 6) is 0. The average molecular weight is 359 g/mol. The van der Waals surface area contributed by atoms with Crippen molar-refractivity contribution in [3.63, 3.8) is 0 Å². The quantitative estimate of drug-likeness (QED) is 0.817. The third-order valence-corrected chi connectivity index (χ3v) is 5.71. The van der Waals surface area contributed by atoms with E-state index in [9.17, 15) is 13.0 Å². The molecule has 0 bridgehead atoms. The molecular formula is C14H15ClN2O3S2. The zero-order chi connectivity index (χ0) is 15.7. The predicted octanol–water partition coefficient (Wildman–Crippen LogP) is 3.53. The van der Waals surface area contributed by atoms with E-state index in [4.69, 9.17) is 11.6 Å². The zero-order valence-corrected chi connectivity index (χ0v) is 14.1. The summed E-state index contributed by atoms with van der Waals surface area (Å²) < 4.78 is 33.2. The van der Waals surface area contributed by atoms with Crippen molar-refractivity contribution in [3.05, 3.63) is 38.8 Å². The van der Waals surface area contributed by atoms with Gasteiger partial charge >= 0.3 is 0 Å². The number of halogens is 1. The van der Waals surface area contributed by atoms with Gasteiger partial charge in [0.15, 0.2) is 4.47 Å². The third-order valence-electron chi connectivity index (χ3n) is 3.70. The first-order chi connectivity index (χ1) is 10.4. The second-order valence-electron chi connectivity index (χ2n) is 5.23. The third kappa shape index (κ3) is 3.43. The van der Waals surface area contributed by atoms with E-state index < -0.39 is 10.1 Å². The number of nitrogens with one attached hydrogen (secondary N) is 1. The van der Waals surface area contributed by atoms with Crippen molar-refractivity contribution in [2.75, 3.05) is 5.32 Å². The summed E-state index contributed by atoms with van der Waals surface area (Å²) in [6.45, 7) is 0.408. The minimum atomic E-state index is -4.27. The van der Waals surface area contributed by atoms with Gasteiger partial charge in [0.05, 0.1) is 12.2 Å². The number of thiazole rings is 1. The van der Waals surface area contributed by atoms with Gasteiger partial charge < -0.3 is 5.32 Å². The Morgan fingerprint density at radius 2 is 1.95 bits per heavy atom. The highest BCUT2D eigenvalue weighted by Gasteiger charge is 2.20. The lowest BCUT2D eigenvalue weighted by molar-refractivity contribution is 0.483. The molecule has 1 heterocycles. The van der Waals surface area contributed by atoms with Crippen LogP contribution in [-0.4, -0.2) is 18.0 Å². The lowest BCUT2D eigenvalue weighted by Gasteiger charge is -2.19. The molecule has 1 aromatic heterocycles. The van der Waals surface area contributed by atoms with Gasteiger partial charge in [0.1, 0.15) is 4.90 Å². The SMILES string of the molecule is O=S(=O)(O)c1cc2c(cc1NCc1cnc(Cl)s1)CCCC2. The van der Waals surface area contributed by atoms with Crippen LogP contribution in [-0.2, 0) is 29.5 Å². The molecule has 0 saturated carbocycles. The van der Waals surface area contributed by atoms with Gasteiger partial charge in [-0.25, -0.2) is 4.98 Å². The van der Waals surface area contributed by atoms with Crippen molar-refractivity contribution in [1.29, 1.82) is 0 Å². The largest absolute Gasteiger partial charge is 0.379 e. The maximum atomic E-state index is 11.6. The first-order valence-electron chi connectivity index (χ1n) is 6.91. The molecule has 0 unspecified atom stereocenters. The molecule has 0 amide bonds. The van der Waals surface area contributed by atoms with Crippen LogP contribution in [0.5, 0.6) is 0 Å². The van der Waals surface area contributed by atoms with Gasteiger partial charge in [0.2, 0.25) is 0 Å². The van der Waals surface area contributed by atoms with Crippen molar-refractivity contribution in [2.45, 2.75) is 37.1 Å². The van der Waals surface area contributed by atoms with Gasteiger partial charge in [-0.05, 0) is 48.9 Å². The van der Waals surface area contributed by atoms with E-state index in [-0.39, 0.29) is 4.90 Å². The Morgan fingerprint density at radius 1 is 1.27 bits per heavy atom. The lowest BCUT2D eigenvalue weighted by Crippen LogP contribution is -2.11. The molecule has 3 rings (SSSR count). The summed E-state index contributed by atoms with van der Waals surface area (Å²) in [7, 11) is -4.27. The fourth-order valence-corrected chi connectivity index (χ4v) is 4.28. The summed E-state index contributed by atoms with van der Waals surface area (Å²) >= 11 is 7.11. The second-order valence-corrected chi connectivity index (χ2v) is 8.32. The van der Waals surface area contributed by atoms with Gasteiger partial charge in [-0.2, -0.15) is 8.42 Å². The highest BCUT2D eigenvalue weighted by molar-refractivity contribution is 7.86. The van der Waals surface area contributed by atoms with Crippen LogP contribution in [0.15, 0.2) is 23.2 Å². The normalized spacial score (nSPS) is 14.6. The molecule has 22 heavy (non-hydrogen) atoms. The molecule has 5 nitrogen and oxygen atoms in total. The van der Waals surface area contributed by atoms with Gasteiger partial charge in [-0.15, -0.1) is 11.3 Å². The minimum absolute atomic E-state index is 0.0660. The predicted molar refractivity (Wildman–Crippen MR) is 87.3 cm³/mol. The Bertz CT molecular complexity index is 802. The Morgan fingerprint density at radius 3 is 2.55 bits per heavy atom. The first kappa shape index (κ1) is 15.7. The molecule has 0 radical (unpaired) electrons. The Hall–Kier alpha value is -1.15. The van der Waals surface area contributed by atoms with Crippen LogP contribution in [0.2, 0.25) is 4.47 Å². The topological polar surface area (TPSA) is 79.3 Å². The summed E-state index contributed by atoms with van der Waals surface area (Å²) in [6.07, 6.45) is 5.57. The summed E-state index contributed by atoms with van der Waals surface area (Å²) in [5.41, 5.74) is 2.57. The molecule has 1 aromatic carbocycles. The Balaban J connectivity index is 1.94. The molecule has 0 fully saturated rings. The number of nitrogens with zero attached hydrogens (tertiary/aromatic N) is 1. The van der Waals surface area contributed by atoms with E-state index in [2.05, 4.69) is 10.3 Å². The summed E-state index contributed by atoms with van der Waals surface area (Å²) in [4.78, 5) is 4.77. The Labute approximate surface area is 138 Å². The van der Waals surface area contributed by atoms with Gasteiger partial charge in [-0.3, -0.25) is 4.55 Å². The van der Waals surface area contributed by atoms with E-state index in [1.54, 1.807) is 12.3 Å². The van der Waals surface area contributed by atoms with Gasteiger partial charge in [0, 0.05) is 11.1 Å². The van der Waals surface area contributed by atoms with Crippen LogP contribution in [0.3, 0.4) is 0 Å². The summed E-state index contributed by atoms with van der Waals surface area (Å²) in [6, 6.07) is 3.42. The van der Waals surface area contributed by atoms with Crippen LogP contribution in [0.4, 0.5) is 5.69 Å². The summed E-state index contributed by atoms with van der Waals surface area (Å²) in [5, 5.41) is 3.07. The van der Waals surface area contributed by atoms with Gasteiger partial charge in [-0.1, -0.05) is 11.6 Å². The number of hydrogen-bond donors (Lipinski definition) is 2. The molecule has 118 valence electrons. The molecular weight excluding hydrogens is 344 g/mol. The van der Waals surface area contributed by atoms with Crippen molar-refractivity contribution >= 4 is 38.7 Å². The van der Waals surface area contributed by atoms with Crippen LogP contribution < -0.4 is 5.32 Å². The fraction of sp³-hybridized carbons (Fsp3) is 0.357. The standard InChI is InChI=1S/C14H15ClN2O3S2/c15-14-17-8-11(21-14)7-16-12-5-9-3-1-2-4-10(9)6-13(12)22(18,19)20/h5-6,8,16H,1-4,7H2,(H,18,19,20). The number of benzene rings is 1. The van der Waals surface area contributed by atoms with E-state index in [1.807, 2.05) is 6.07 Å². The van der Waals surface area contributed by atoms with Crippen molar-refractivity contribution in [2.24, 2.45) is 0 Å². The molecule has 8 heteroatoms. The lowest BCUT2D eigenvalue weighted by atomic mass is 9.91. The van der Waals surface area contributed by atoms with Crippen LogP contribution in [0.1, 0.15) is 28.8 Å². The number of fused-ring (bicyclic) bond motifs is 1. The monoisotopic (exact) mass is 358 g/mol. The molecule has 0 saturated heterocycles.